The lowest BCUT2D eigenvalue weighted by Crippen LogP contribution is -2.36. The molecule has 8 atom stereocenters. The lowest BCUT2D eigenvalue weighted by Gasteiger charge is -2.37. The molecular formula is C65H71N3S. The Labute approximate surface area is 417 Å². The Bertz CT molecular complexity index is 2790. The zero-order valence-electron chi connectivity index (χ0n) is 40.9. The highest BCUT2D eigenvalue weighted by molar-refractivity contribution is 8.04. The molecule has 0 radical (unpaired) electrons. The summed E-state index contributed by atoms with van der Waals surface area (Å²) in [4.78, 5) is 10.1. The van der Waals surface area contributed by atoms with E-state index in [1.54, 1.807) is 38.5 Å². The van der Waals surface area contributed by atoms with Crippen LogP contribution in [0.4, 0.5) is 5.69 Å². The second-order valence-corrected chi connectivity index (χ2v) is 22.7. The van der Waals surface area contributed by atoms with Gasteiger partial charge in [-0.1, -0.05) is 128 Å². The molecule has 0 amide bonds. The predicted molar refractivity (Wildman–Crippen MR) is 294 cm³/mol. The van der Waals surface area contributed by atoms with E-state index in [-0.39, 0.29) is 6.04 Å². The molecule has 10 aliphatic rings. The van der Waals surface area contributed by atoms with Crippen molar-refractivity contribution >= 4 is 29.0 Å². The molecule has 1 N–H and O–H groups in total. The zero-order valence-corrected chi connectivity index (χ0v) is 41.7. The quantitative estimate of drug-likeness (QED) is 0.146. The summed E-state index contributed by atoms with van der Waals surface area (Å²) in [6, 6.07) is 19.7. The average Bonchev–Trinajstić information content (AvgIpc) is 3.98. The van der Waals surface area contributed by atoms with Crippen molar-refractivity contribution in [1.82, 2.24) is 5.32 Å². The van der Waals surface area contributed by atoms with Gasteiger partial charge >= 0.3 is 0 Å². The van der Waals surface area contributed by atoms with Crippen LogP contribution in [0.1, 0.15) is 145 Å². The minimum atomic E-state index is 0.174. The van der Waals surface area contributed by atoms with Crippen molar-refractivity contribution < 1.29 is 0 Å². The first kappa shape index (κ1) is 44.9. The molecule has 0 fully saturated rings. The van der Waals surface area contributed by atoms with E-state index in [4.69, 9.17) is 11.6 Å². The van der Waals surface area contributed by atoms with Crippen LogP contribution in [0.25, 0.3) is 5.70 Å². The lowest BCUT2D eigenvalue weighted by atomic mass is 9.72. The maximum Gasteiger partial charge on any atom is 0.134 e. The Hall–Kier alpha value is -5.32. The molecule has 0 spiro atoms. The Balaban J connectivity index is 0.956. The second-order valence-electron chi connectivity index (χ2n) is 21.4. The highest BCUT2D eigenvalue weighted by Gasteiger charge is 2.51. The van der Waals surface area contributed by atoms with Gasteiger partial charge in [-0.05, 0) is 184 Å². The summed E-state index contributed by atoms with van der Waals surface area (Å²) in [7, 11) is 0. The van der Waals surface area contributed by atoms with E-state index in [1.165, 1.54) is 104 Å². The number of thioether (sulfide) groups is 1. The second kappa shape index (κ2) is 19.8. The summed E-state index contributed by atoms with van der Waals surface area (Å²) in [6.45, 7) is 7.28. The van der Waals surface area contributed by atoms with Gasteiger partial charge in [0.1, 0.15) is 5.84 Å². The summed E-state index contributed by atoms with van der Waals surface area (Å²) < 4.78 is 0. The van der Waals surface area contributed by atoms with Crippen LogP contribution >= 0.6 is 11.8 Å². The molecule has 0 saturated carbocycles. The van der Waals surface area contributed by atoms with Crippen LogP contribution < -0.4 is 10.2 Å². The number of benzene rings is 2. The van der Waals surface area contributed by atoms with E-state index in [9.17, 15) is 0 Å². The highest BCUT2D eigenvalue weighted by Crippen LogP contribution is 2.63. The van der Waals surface area contributed by atoms with Crippen molar-refractivity contribution in [3.05, 3.63) is 213 Å². The number of aliphatic imine (C=N–C) groups is 1. The third-order valence-corrected chi connectivity index (χ3v) is 18.9. The normalized spacial score (nSPS) is 29.9. The monoisotopic (exact) mass is 926 g/mol. The van der Waals surface area contributed by atoms with Gasteiger partial charge in [-0.15, -0.1) is 11.8 Å². The maximum atomic E-state index is 5.65. The predicted octanol–water partition coefficient (Wildman–Crippen LogP) is 16.7. The van der Waals surface area contributed by atoms with E-state index in [0.717, 1.165) is 50.1 Å². The number of allylic oxidation sites excluding steroid dienone is 18. The van der Waals surface area contributed by atoms with Crippen LogP contribution in [0.15, 0.2) is 201 Å². The summed E-state index contributed by atoms with van der Waals surface area (Å²) >= 11 is 2.26. The number of anilines is 1. The van der Waals surface area contributed by atoms with E-state index in [1.807, 2.05) is 0 Å². The van der Waals surface area contributed by atoms with Crippen molar-refractivity contribution in [2.24, 2.45) is 22.7 Å². The molecule has 352 valence electrons. The Morgan fingerprint density at radius 1 is 0.754 bits per heavy atom. The van der Waals surface area contributed by atoms with Crippen molar-refractivity contribution in [1.29, 1.82) is 0 Å². The fourth-order valence-corrected chi connectivity index (χ4v) is 15.6. The zero-order chi connectivity index (χ0) is 46.3. The fourth-order valence-electron chi connectivity index (χ4n) is 13.9. The molecule has 2 aromatic rings. The number of amidine groups is 1. The third-order valence-electron chi connectivity index (χ3n) is 17.2. The van der Waals surface area contributed by atoms with E-state index in [2.05, 4.69) is 169 Å². The van der Waals surface area contributed by atoms with Crippen LogP contribution in [-0.4, -0.2) is 23.2 Å². The van der Waals surface area contributed by atoms with Gasteiger partial charge in [0, 0.05) is 63.4 Å². The smallest absolute Gasteiger partial charge is 0.134 e. The largest absolute Gasteiger partial charge is 0.363 e. The SMILES string of the molecule is C=C(/N=C(\NC(C)C1=CC=CCC1)C1=CCCC=C1)c1cc(C2C=C(C3C=CCCC3)C(C3C=CC=CC3)=CC2)ccc1C1CCCC2=C1SC1CCC3=C(C21)N(c1ccccc1)C1CCCC=C31. The molecule has 8 unspecified atom stereocenters. The molecule has 0 aromatic heterocycles. The van der Waals surface area contributed by atoms with Crippen molar-refractivity contribution in [2.45, 2.75) is 145 Å². The summed E-state index contributed by atoms with van der Waals surface area (Å²) in [5.74, 6) is 3.01. The lowest BCUT2D eigenvalue weighted by molar-refractivity contribution is 0.524. The van der Waals surface area contributed by atoms with Gasteiger partial charge in [-0.3, -0.25) is 0 Å². The van der Waals surface area contributed by atoms with Crippen molar-refractivity contribution in [3.8, 4) is 0 Å². The number of rotatable bonds is 10. The number of nitrogens with one attached hydrogen (secondary N) is 1. The van der Waals surface area contributed by atoms with Crippen molar-refractivity contribution in [2.75, 3.05) is 4.90 Å². The molecule has 2 aromatic carbocycles. The van der Waals surface area contributed by atoms with Crippen molar-refractivity contribution in [3.63, 3.8) is 0 Å². The minimum Gasteiger partial charge on any atom is -0.363 e. The van der Waals surface area contributed by atoms with Gasteiger partial charge in [-0.2, -0.15) is 0 Å². The molecule has 3 nitrogen and oxygen atoms in total. The molecule has 4 heteroatoms. The van der Waals surface area contributed by atoms with Crippen LogP contribution in [0.3, 0.4) is 0 Å². The van der Waals surface area contributed by atoms with Gasteiger partial charge in [0.2, 0.25) is 0 Å². The number of nitrogens with zero attached hydrogens (tertiary/aromatic N) is 2. The first-order valence-corrected chi connectivity index (χ1v) is 28.0. The summed E-state index contributed by atoms with van der Waals surface area (Å²) in [5, 5.41) is 4.54. The molecular weight excluding hydrogens is 855 g/mol. The third kappa shape index (κ3) is 8.72. The van der Waals surface area contributed by atoms with Crippen LogP contribution in [0, 0.1) is 17.8 Å². The van der Waals surface area contributed by atoms with Crippen LogP contribution in [0.5, 0.6) is 0 Å². The first-order valence-electron chi connectivity index (χ1n) is 27.1. The maximum absolute atomic E-state index is 5.65. The van der Waals surface area contributed by atoms with E-state index < -0.39 is 0 Å². The molecule has 8 aliphatic carbocycles. The van der Waals surface area contributed by atoms with Crippen LogP contribution in [0.2, 0.25) is 0 Å². The highest BCUT2D eigenvalue weighted by atomic mass is 32.2. The van der Waals surface area contributed by atoms with Gasteiger partial charge in [-0.25, -0.2) is 4.99 Å². The molecule has 12 rings (SSSR count). The fraction of sp³-hybridized carbons (Fsp3) is 0.400. The van der Waals surface area contributed by atoms with E-state index >= 15 is 0 Å². The number of fused-ring (bicyclic) bond motifs is 5. The van der Waals surface area contributed by atoms with E-state index in [0.29, 0.717) is 40.9 Å². The Kier molecular flexibility index (Phi) is 12.9. The van der Waals surface area contributed by atoms with Gasteiger partial charge in [0.15, 0.2) is 0 Å². The Morgan fingerprint density at radius 3 is 2.51 bits per heavy atom. The topological polar surface area (TPSA) is 27.6 Å². The van der Waals surface area contributed by atoms with Gasteiger partial charge in [0.25, 0.3) is 0 Å². The summed E-state index contributed by atoms with van der Waals surface area (Å²) in [6.07, 6.45) is 55.8. The number of hydrogen-bond donors (Lipinski definition) is 1. The molecule has 69 heavy (non-hydrogen) atoms. The standard InChI is InChI=1S/C65H71N3S/c1-43(45-21-8-3-9-22-45)66-65(48-27-14-6-15-28-48)67-44(2)58-41-49(50-35-37-52(46-23-10-4-11-24-46)59(42-50)47-25-12-5-13-26-47)36-38-53(58)56-32-20-33-57-62-61(69-64(56)57)40-39-55-54-31-18-19-34-60(54)68(63(55)62)51-29-16-7-17-30-51/h3-4,7-8,10-12,14,16-17,21,23,25,27-31,36-38,41-43,46-47,50,56,60-62H,2,5-6,9,13,15,18-20,22,24,26,32-35,39-40H2,1H3,(H,66,67). The molecule has 0 bridgehead atoms. The first-order chi connectivity index (χ1) is 34.1. The summed E-state index contributed by atoms with van der Waals surface area (Å²) in [5.41, 5.74) is 18.8. The number of para-hydroxylation sites is 1. The minimum absolute atomic E-state index is 0.174. The molecule has 2 heterocycles. The number of hydrogen-bond acceptors (Lipinski definition) is 3. The molecule has 0 saturated heterocycles. The van der Waals surface area contributed by atoms with Gasteiger partial charge in [0.05, 0.1) is 11.7 Å². The average molecular weight is 926 g/mol. The molecule has 2 aliphatic heterocycles. The Morgan fingerprint density at radius 2 is 1.68 bits per heavy atom. The van der Waals surface area contributed by atoms with Gasteiger partial charge < -0.3 is 10.2 Å². The van der Waals surface area contributed by atoms with Crippen LogP contribution in [-0.2, 0) is 0 Å².